The first-order valence-corrected chi connectivity index (χ1v) is 10.6. The molecular formula is C18H22ClN5O3S. The quantitative estimate of drug-likeness (QED) is 0.775. The number of carbonyl (C=O) groups is 1. The van der Waals surface area contributed by atoms with Gasteiger partial charge in [0.25, 0.3) is 15.9 Å². The molecule has 28 heavy (non-hydrogen) atoms. The first-order valence-electron chi connectivity index (χ1n) is 8.72. The number of amides is 1. The first-order chi connectivity index (χ1) is 13.0. The van der Waals surface area contributed by atoms with Gasteiger partial charge in [-0.1, -0.05) is 24.6 Å². The predicted molar refractivity (Wildman–Crippen MR) is 108 cm³/mol. The minimum absolute atomic E-state index is 0.0354. The maximum absolute atomic E-state index is 12.9. The Bertz CT molecular complexity index is 1030. The van der Waals surface area contributed by atoms with Gasteiger partial charge in [-0.25, -0.2) is 14.7 Å². The number of aromatic nitrogens is 2. The van der Waals surface area contributed by atoms with E-state index in [4.69, 9.17) is 17.3 Å². The number of hydrogen-bond donors (Lipinski definition) is 2. The van der Waals surface area contributed by atoms with E-state index in [1.807, 2.05) is 9.62 Å². The molecule has 1 fully saturated rings. The topological polar surface area (TPSA) is 118 Å². The van der Waals surface area contributed by atoms with Crippen LogP contribution >= 0.6 is 11.6 Å². The normalized spacial score (nSPS) is 18.9. The number of anilines is 2. The molecule has 0 spiro atoms. The molecule has 3 N–H and O–H groups in total. The smallest absolute Gasteiger partial charge is 0.281 e. The number of nitrogen functional groups attached to an aromatic ring is 1. The van der Waals surface area contributed by atoms with Crippen LogP contribution in [0.3, 0.4) is 0 Å². The second kappa shape index (κ2) is 7.21. The Hall–Kier alpha value is -2.39. The Morgan fingerprint density at radius 3 is 2.71 bits per heavy atom. The second-order valence-corrected chi connectivity index (χ2v) is 9.66. The lowest BCUT2D eigenvalue weighted by Crippen LogP contribution is -2.41. The molecule has 1 aliphatic rings. The predicted octanol–water partition coefficient (Wildman–Crippen LogP) is 2.46. The second-order valence-electron chi connectivity index (χ2n) is 7.59. The zero-order valence-electron chi connectivity index (χ0n) is 15.8. The highest BCUT2D eigenvalue weighted by atomic mass is 35.5. The van der Waals surface area contributed by atoms with Crippen molar-refractivity contribution in [3.05, 3.63) is 41.0 Å². The fraction of sp³-hybridized carbons (Fsp3) is 0.389. The summed E-state index contributed by atoms with van der Waals surface area (Å²) in [6.07, 6.45) is 2.37. The van der Waals surface area contributed by atoms with Crippen LogP contribution in [0, 0.1) is 5.92 Å². The van der Waals surface area contributed by atoms with Gasteiger partial charge in [0.2, 0.25) is 0 Å². The number of rotatable bonds is 4. The van der Waals surface area contributed by atoms with Gasteiger partial charge in [0, 0.05) is 18.3 Å². The van der Waals surface area contributed by atoms with Crippen molar-refractivity contribution in [1.29, 1.82) is 0 Å². The van der Waals surface area contributed by atoms with Crippen LogP contribution < -0.4 is 15.4 Å². The monoisotopic (exact) mass is 423 g/mol. The minimum Gasteiger partial charge on any atom is -0.384 e. The van der Waals surface area contributed by atoms with Gasteiger partial charge in [-0.15, -0.1) is 0 Å². The summed E-state index contributed by atoms with van der Waals surface area (Å²) in [5, 5.41) is -0.106. The molecule has 1 saturated heterocycles. The summed E-state index contributed by atoms with van der Waals surface area (Å²) >= 11 is 6.04. The summed E-state index contributed by atoms with van der Waals surface area (Å²) < 4.78 is 27.1. The maximum atomic E-state index is 12.9. The maximum Gasteiger partial charge on any atom is 0.281 e. The third kappa shape index (κ3) is 4.05. The fourth-order valence-corrected chi connectivity index (χ4v) is 4.68. The Morgan fingerprint density at radius 1 is 1.39 bits per heavy atom. The molecule has 2 aromatic rings. The van der Waals surface area contributed by atoms with Gasteiger partial charge in [-0.2, -0.15) is 8.42 Å². The van der Waals surface area contributed by atoms with Crippen molar-refractivity contribution in [2.75, 3.05) is 17.2 Å². The van der Waals surface area contributed by atoms with Crippen molar-refractivity contribution >= 4 is 39.2 Å². The van der Waals surface area contributed by atoms with Crippen LogP contribution in [0.5, 0.6) is 0 Å². The molecule has 10 heteroatoms. The average Bonchev–Trinajstić information content (AvgIpc) is 2.86. The average molecular weight is 424 g/mol. The van der Waals surface area contributed by atoms with Crippen molar-refractivity contribution in [1.82, 2.24) is 14.7 Å². The largest absolute Gasteiger partial charge is 0.384 e. The van der Waals surface area contributed by atoms with E-state index in [1.54, 1.807) is 0 Å². The molecule has 2 aromatic heterocycles. The summed E-state index contributed by atoms with van der Waals surface area (Å²) in [6, 6.07) is 5.58. The number of nitrogens with two attached hydrogens (primary N) is 1. The Labute approximate surface area is 169 Å². The van der Waals surface area contributed by atoms with Crippen LogP contribution in [0.4, 0.5) is 11.6 Å². The lowest BCUT2D eigenvalue weighted by molar-refractivity contribution is 0.0981. The number of nitrogens with zero attached hydrogens (tertiary/aromatic N) is 3. The van der Waals surface area contributed by atoms with Crippen LogP contribution in [-0.4, -0.2) is 36.4 Å². The van der Waals surface area contributed by atoms with Crippen molar-refractivity contribution in [2.24, 2.45) is 5.92 Å². The standard InChI is InChI=1S/C18H22ClN5O3S/c1-11-8-18(2,3)24(10-11)16-13(7-12(19)9-21-16)17(25)23-28(26,27)15-6-4-5-14(20)22-15/h4-7,9,11H,8,10H2,1-3H3,(H2,20,22)(H,23,25)/t11-/m0/s1. The number of pyridine rings is 2. The number of halogens is 1. The molecule has 0 radical (unpaired) electrons. The van der Waals surface area contributed by atoms with Gasteiger partial charge >= 0.3 is 0 Å². The molecule has 0 bridgehead atoms. The Morgan fingerprint density at radius 2 is 2.11 bits per heavy atom. The zero-order chi connectivity index (χ0) is 20.7. The van der Waals surface area contributed by atoms with Gasteiger partial charge in [-0.3, -0.25) is 4.79 Å². The van der Waals surface area contributed by atoms with Crippen molar-refractivity contribution in [2.45, 2.75) is 37.8 Å². The van der Waals surface area contributed by atoms with E-state index in [0.717, 1.165) is 6.42 Å². The fourth-order valence-electron chi connectivity index (χ4n) is 3.58. The number of sulfonamides is 1. The summed E-state index contributed by atoms with van der Waals surface area (Å²) in [5.41, 5.74) is 5.40. The molecule has 0 aromatic carbocycles. The molecule has 1 amide bonds. The van der Waals surface area contributed by atoms with E-state index in [9.17, 15) is 13.2 Å². The van der Waals surface area contributed by atoms with E-state index in [2.05, 4.69) is 30.7 Å². The molecule has 1 aliphatic heterocycles. The minimum atomic E-state index is -4.20. The molecule has 3 rings (SSSR count). The van der Waals surface area contributed by atoms with Crippen LogP contribution in [0.1, 0.15) is 37.6 Å². The zero-order valence-corrected chi connectivity index (χ0v) is 17.4. The van der Waals surface area contributed by atoms with Crippen molar-refractivity contribution < 1.29 is 13.2 Å². The van der Waals surface area contributed by atoms with Gasteiger partial charge in [0.1, 0.15) is 11.6 Å². The van der Waals surface area contributed by atoms with Gasteiger partial charge in [-0.05, 0) is 44.4 Å². The van der Waals surface area contributed by atoms with Crippen LogP contribution in [0.15, 0.2) is 35.5 Å². The van der Waals surface area contributed by atoms with Gasteiger partial charge in [0.05, 0.1) is 10.6 Å². The molecule has 1 atom stereocenters. The molecule has 8 nitrogen and oxygen atoms in total. The number of hydrogen-bond acceptors (Lipinski definition) is 7. The highest BCUT2D eigenvalue weighted by molar-refractivity contribution is 7.90. The molecular weight excluding hydrogens is 402 g/mol. The Balaban J connectivity index is 1.97. The van der Waals surface area contributed by atoms with E-state index in [0.29, 0.717) is 18.3 Å². The SMILES string of the molecule is C[C@@H]1CN(c2ncc(Cl)cc2C(=O)NS(=O)(=O)c2cccc(N)n2)C(C)(C)C1. The van der Waals surface area contributed by atoms with Crippen LogP contribution in [-0.2, 0) is 10.0 Å². The Kier molecular flexibility index (Phi) is 5.24. The molecule has 3 heterocycles. The third-order valence-corrected chi connectivity index (χ3v) is 6.09. The van der Waals surface area contributed by atoms with Crippen LogP contribution in [0.2, 0.25) is 5.02 Å². The molecule has 0 unspecified atom stereocenters. The first kappa shape index (κ1) is 20.3. The lowest BCUT2D eigenvalue weighted by atomic mass is 9.97. The molecule has 0 aliphatic carbocycles. The number of carbonyl (C=O) groups excluding carboxylic acids is 1. The van der Waals surface area contributed by atoms with E-state index < -0.39 is 15.9 Å². The highest BCUT2D eigenvalue weighted by Crippen LogP contribution is 2.37. The van der Waals surface area contributed by atoms with Crippen molar-refractivity contribution in [3.8, 4) is 0 Å². The van der Waals surface area contributed by atoms with Crippen molar-refractivity contribution in [3.63, 3.8) is 0 Å². The summed E-state index contributed by atoms with van der Waals surface area (Å²) in [5.74, 6) is 0.00779. The third-order valence-electron chi connectivity index (χ3n) is 4.65. The summed E-state index contributed by atoms with van der Waals surface area (Å²) in [7, 11) is -4.20. The van der Waals surface area contributed by atoms with Crippen LogP contribution in [0.25, 0.3) is 0 Å². The molecule has 0 saturated carbocycles. The molecule has 150 valence electrons. The van der Waals surface area contributed by atoms with Gasteiger partial charge < -0.3 is 10.6 Å². The lowest BCUT2D eigenvalue weighted by Gasteiger charge is -2.33. The van der Waals surface area contributed by atoms with E-state index in [-0.39, 0.29) is 27.0 Å². The summed E-state index contributed by atoms with van der Waals surface area (Å²) in [4.78, 5) is 23.0. The summed E-state index contributed by atoms with van der Waals surface area (Å²) in [6.45, 7) is 6.93. The number of nitrogens with one attached hydrogen (secondary N) is 1. The van der Waals surface area contributed by atoms with E-state index in [1.165, 1.54) is 30.5 Å². The highest BCUT2D eigenvalue weighted by Gasteiger charge is 2.39. The van der Waals surface area contributed by atoms with E-state index >= 15 is 0 Å². The van der Waals surface area contributed by atoms with Gasteiger partial charge in [0.15, 0.2) is 5.03 Å².